The second-order valence-electron chi connectivity index (χ2n) is 7.17. The summed E-state index contributed by atoms with van der Waals surface area (Å²) in [7, 11) is 0. The Labute approximate surface area is 136 Å². The molecule has 0 aromatic heterocycles. The third kappa shape index (κ3) is 2.61. The number of aliphatic hydroxyl groups is 1. The molecule has 1 aromatic rings. The maximum absolute atomic E-state index is 10.4. The van der Waals surface area contributed by atoms with Gasteiger partial charge in [0.2, 0.25) is 0 Å². The topological polar surface area (TPSA) is 57.2 Å². The lowest BCUT2D eigenvalue weighted by Gasteiger charge is -2.43. The van der Waals surface area contributed by atoms with Gasteiger partial charge >= 0.3 is 0 Å². The van der Waals surface area contributed by atoms with Crippen molar-refractivity contribution in [2.45, 2.75) is 75.7 Å². The minimum atomic E-state index is -0.689. The molecule has 1 aromatic carbocycles. The smallest absolute Gasteiger partial charge is 0.190 e. The quantitative estimate of drug-likeness (QED) is 0.926. The maximum Gasteiger partial charge on any atom is 0.190 e. The van der Waals surface area contributed by atoms with Gasteiger partial charge in [-0.2, -0.15) is 0 Å². The van der Waals surface area contributed by atoms with Crippen LogP contribution >= 0.6 is 0 Å². The predicted octanol–water partition coefficient (Wildman–Crippen LogP) is 2.36. The maximum atomic E-state index is 10.4. The molecule has 23 heavy (non-hydrogen) atoms. The fraction of sp³-hybridized carbons (Fsp3) is 0.667. The van der Waals surface area contributed by atoms with Gasteiger partial charge in [0.05, 0.1) is 12.7 Å². The molecule has 2 aliphatic heterocycles. The highest BCUT2D eigenvalue weighted by molar-refractivity contribution is 5.15. The van der Waals surface area contributed by atoms with E-state index in [9.17, 15) is 5.11 Å². The lowest BCUT2D eigenvalue weighted by molar-refractivity contribution is -0.260. The van der Waals surface area contributed by atoms with E-state index in [0.29, 0.717) is 6.61 Å². The van der Waals surface area contributed by atoms with E-state index in [4.69, 9.17) is 18.9 Å². The zero-order chi connectivity index (χ0) is 16.1. The number of hydrogen-bond donors (Lipinski definition) is 1. The molecular weight excluding hydrogens is 296 g/mol. The van der Waals surface area contributed by atoms with E-state index in [-0.39, 0.29) is 6.10 Å². The summed E-state index contributed by atoms with van der Waals surface area (Å²) < 4.78 is 24.3. The minimum Gasteiger partial charge on any atom is -0.390 e. The Morgan fingerprint density at radius 2 is 1.96 bits per heavy atom. The largest absolute Gasteiger partial charge is 0.390 e. The summed E-state index contributed by atoms with van der Waals surface area (Å²) in [5.74, 6) is -0.689. The third-order valence-electron chi connectivity index (χ3n) is 5.07. The number of rotatable bonds is 3. The van der Waals surface area contributed by atoms with Crippen LogP contribution in [0.2, 0.25) is 0 Å². The van der Waals surface area contributed by atoms with Gasteiger partial charge in [0.25, 0.3) is 0 Å². The molecule has 0 bridgehead atoms. The van der Waals surface area contributed by atoms with Crippen molar-refractivity contribution in [3.05, 3.63) is 35.9 Å². The second kappa shape index (κ2) is 5.53. The van der Waals surface area contributed by atoms with Gasteiger partial charge < -0.3 is 24.1 Å². The van der Waals surface area contributed by atoms with Crippen LogP contribution in [0.1, 0.15) is 38.7 Å². The summed E-state index contributed by atoms with van der Waals surface area (Å²) in [6.07, 6.45) is 0.709. The third-order valence-corrected chi connectivity index (χ3v) is 5.07. The molecule has 5 nitrogen and oxygen atoms in total. The standard InChI is InChI=1S/C18H24O5/c1-17(2)22-15-16(23-17)21-14-13(19)9-6-10-18(14,15)20-11-12-7-4-3-5-8-12/h3-5,7-8,13-16,19H,6,9-11H2,1-2H3/t13-,14-,15+,16-,18-/m1/s1. The van der Waals surface area contributed by atoms with Gasteiger partial charge in [-0.1, -0.05) is 30.3 Å². The van der Waals surface area contributed by atoms with E-state index in [2.05, 4.69) is 0 Å². The Morgan fingerprint density at radius 1 is 1.17 bits per heavy atom. The lowest BCUT2D eigenvalue weighted by atomic mass is 9.78. The summed E-state index contributed by atoms with van der Waals surface area (Å²) in [5, 5.41) is 10.4. The normalized spacial score (nSPS) is 41.5. The van der Waals surface area contributed by atoms with Crippen LogP contribution in [0.25, 0.3) is 0 Å². The van der Waals surface area contributed by atoms with Crippen LogP contribution in [0.15, 0.2) is 30.3 Å². The summed E-state index contributed by atoms with van der Waals surface area (Å²) in [4.78, 5) is 0. The molecule has 0 unspecified atom stereocenters. The fourth-order valence-electron chi connectivity index (χ4n) is 4.05. The van der Waals surface area contributed by atoms with Crippen LogP contribution in [0.4, 0.5) is 0 Å². The molecule has 3 fully saturated rings. The van der Waals surface area contributed by atoms with Gasteiger partial charge in [-0.3, -0.25) is 0 Å². The number of fused-ring (bicyclic) bond motifs is 3. The zero-order valence-corrected chi connectivity index (χ0v) is 13.6. The van der Waals surface area contributed by atoms with E-state index in [1.165, 1.54) is 0 Å². The van der Waals surface area contributed by atoms with Gasteiger partial charge in [0, 0.05) is 0 Å². The summed E-state index contributed by atoms with van der Waals surface area (Å²) in [6, 6.07) is 10.0. The average molecular weight is 320 g/mol. The Balaban J connectivity index is 1.60. The molecule has 0 spiro atoms. The first-order chi connectivity index (χ1) is 11.0. The van der Waals surface area contributed by atoms with E-state index in [1.54, 1.807) is 0 Å². The molecule has 126 valence electrons. The monoisotopic (exact) mass is 320 g/mol. The van der Waals surface area contributed by atoms with Crippen molar-refractivity contribution in [2.24, 2.45) is 0 Å². The van der Waals surface area contributed by atoms with Crippen molar-refractivity contribution in [3.8, 4) is 0 Å². The molecule has 4 rings (SSSR count). The SMILES string of the molecule is CC1(C)O[C@H]2O[C@@H]3[C@H](O)CCC[C@]3(OCc3ccccc3)[C@H]2O1. The molecule has 5 heteroatoms. The Morgan fingerprint density at radius 3 is 2.74 bits per heavy atom. The predicted molar refractivity (Wildman–Crippen MR) is 82.5 cm³/mol. The molecule has 0 amide bonds. The van der Waals surface area contributed by atoms with Crippen molar-refractivity contribution < 1.29 is 24.1 Å². The van der Waals surface area contributed by atoms with Gasteiger partial charge in [-0.25, -0.2) is 0 Å². The molecule has 3 aliphatic rings. The van der Waals surface area contributed by atoms with Gasteiger partial charge in [-0.15, -0.1) is 0 Å². The molecule has 5 atom stereocenters. The van der Waals surface area contributed by atoms with Crippen LogP contribution in [-0.4, -0.2) is 41.1 Å². The molecular formula is C18H24O5. The van der Waals surface area contributed by atoms with Gasteiger partial charge in [-0.05, 0) is 38.7 Å². The van der Waals surface area contributed by atoms with Crippen LogP contribution in [-0.2, 0) is 25.6 Å². The highest BCUT2D eigenvalue weighted by Crippen LogP contribution is 2.51. The summed E-state index contributed by atoms with van der Waals surface area (Å²) in [6.45, 7) is 4.24. The first kappa shape index (κ1) is 15.5. The van der Waals surface area contributed by atoms with E-state index in [1.807, 2.05) is 44.2 Å². The van der Waals surface area contributed by atoms with E-state index >= 15 is 0 Å². The van der Waals surface area contributed by atoms with Crippen molar-refractivity contribution in [2.75, 3.05) is 0 Å². The van der Waals surface area contributed by atoms with Crippen molar-refractivity contribution in [1.82, 2.24) is 0 Å². The first-order valence-corrected chi connectivity index (χ1v) is 8.37. The Hall–Kier alpha value is -0.980. The molecule has 2 saturated heterocycles. The summed E-state index contributed by atoms with van der Waals surface area (Å²) in [5.41, 5.74) is 0.452. The van der Waals surface area contributed by atoms with Crippen molar-refractivity contribution in [1.29, 1.82) is 0 Å². The highest BCUT2D eigenvalue weighted by atomic mass is 16.8. The number of ether oxygens (including phenoxy) is 4. The Bertz CT molecular complexity index is 560. The fourth-order valence-corrected chi connectivity index (χ4v) is 4.05. The first-order valence-electron chi connectivity index (χ1n) is 8.37. The molecule has 1 saturated carbocycles. The van der Waals surface area contributed by atoms with Gasteiger partial charge in [0.15, 0.2) is 12.1 Å². The van der Waals surface area contributed by atoms with Crippen LogP contribution in [0.3, 0.4) is 0 Å². The summed E-state index contributed by atoms with van der Waals surface area (Å²) >= 11 is 0. The van der Waals surface area contributed by atoms with Crippen LogP contribution in [0, 0.1) is 0 Å². The van der Waals surface area contributed by atoms with Crippen LogP contribution in [0.5, 0.6) is 0 Å². The molecule has 1 aliphatic carbocycles. The average Bonchev–Trinajstić information content (AvgIpc) is 2.98. The number of aliphatic hydroxyl groups excluding tert-OH is 1. The highest BCUT2D eigenvalue weighted by Gasteiger charge is 2.66. The Kier molecular flexibility index (Phi) is 3.74. The van der Waals surface area contributed by atoms with E-state index < -0.39 is 29.9 Å². The molecule has 1 N–H and O–H groups in total. The van der Waals surface area contributed by atoms with Crippen molar-refractivity contribution in [3.63, 3.8) is 0 Å². The van der Waals surface area contributed by atoms with E-state index in [0.717, 1.165) is 24.8 Å². The zero-order valence-electron chi connectivity index (χ0n) is 13.6. The lowest BCUT2D eigenvalue weighted by Crippen LogP contribution is -2.57. The molecule has 2 heterocycles. The minimum absolute atomic E-state index is 0.304. The molecule has 0 radical (unpaired) electrons. The number of benzene rings is 1. The van der Waals surface area contributed by atoms with Crippen molar-refractivity contribution >= 4 is 0 Å². The number of hydrogen-bond acceptors (Lipinski definition) is 5. The van der Waals surface area contributed by atoms with Crippen LogP contribution < -0.4 is 0 Å². The van der Waals surface area contributed by atoms with Gasteiger partial charge in [0.1, 0.15) is 17.8 Å². The second-order valence-corrected chi connectivity index (χ2v) is 7.17.